The molecule has 3 aromatic rings. The molecule has 1 amide bonds. The molecule has 1 N–H and O–H groups in total. The molecular formula is C27H22F7N3O. The molecule has 4 aliphatic carbocycles. The second-order valence-electron chi connectivity index (χ2n) is 10.8. The summed E-state index contributed by atoms with van der Waals surface area (Å²) in [5.41, 5.74) is -3.78. The third-order valence-electron chi connectivity index (χ3n) is 8.31. The van der Waals surface area contributed by atoms with Gasteiger partial charge in [-0.25, -0.2) is 22.2 Å². The van der Waals surface area contributed by atoms with E-state index in [1.54, 1.807) is 35.6 Å². The van der Waals surface area contributed by atoms with Crippen LogP contribution < -0.4 is 5.32 Å². The summed E-state index contributed by atoms with van der Waals surface area (Å²) in [6, 6.07) is 8.81. The molecule has 0 unspecified atom stereocenters. The van der Waals surface area contributed by atoms with Crippen molar-refractivity contribution in [3.8, 4) is 5.69 Å². The fourth-order valence-electron chi connectivity index (χ4n) is 7.22. The number of rotatable bonds is 4. The number of amides is 1. The van der Waals surface area contributed by atoms with E-state index in [9.17, 15) is 35.5 Å². The molecule has 4 fully saturated rings. The summed E-state index contributed by atoms with van der Waals surface area (Å²) in [7, 11) is 0. The minimum Gasteiger partial charge on any atom is -0.317 e. The van der Waals surface area contributed by atoms with E-state index in [0.717, 1.165) is 38.5 Å². The van der Waals surface area contributed by atoms with E-state index < -0.39 is 52.0 Å². The number of hydrogen-bond donors (Lipinski definition) is 1. The molecule has 2 aromatic carbocycles. The molecule has 1 aromatic heterocycles. The van der Waals surface area contributed by atoms with Crippen molar-refractivity contribution in [1.29, 1.82) is 0 Å². The van der Waals surface area contributed by atoms with Gasteiger partial charge in [-0.1, -0.05) is 18.2 Å². The van der Waals surface area contributed by atoms with Gasteiger partial charge in [0.25, 0.3) is 5.91 Å². The van der Waals surface area contributed by atoms with Gasteiger partial charge in [0.15, 0.2) is 23.3 Å². The van der Waals surface area contributed by atoms with Crippen molar-refractivity contribution in [2.24, 2.45) is 17.8 Å². The van der Waals surface area contributed by atoms with E-state index >= 15 is 0 Å². The molecule has 38 heavy (non-hydrogen) atoms. The number of anilines is 1. The number of aromatic nitrogens is 2. The second kappa shape index (κ2) is 8.57. The zero-order chi connectivity index (χ0) is 27.0. The molecule has 0 saturated heterocycles. The van der Waals surface area contributed by atoms with Crippen molar-refractivity contribution in [3.05, 3.63) is 76.6 Å². The van der Waals surface area contributed by atoms with Crippen LogP contribution in [0.15, 0.2) is 36.5 Å². The molecule has 200 valence electrons. The summed E-state index contributed by atoms with van der Waals surface area (Å²) in [5, 5.41) is 6.53. The van der Waals surface area contributed by atoms with Crippen LogP contribution in [0.5, 0.6) is 0 Å². The molecule has 4 saturated carbocycles. The van der Waals surface area contributed by atoms with Gasteiger partial charge in [-0.3, -0.25) is 4.79 Å². The van der Waals surface area contributed by atoms with Crippen molar-refractivity contribution >= 4 is 11.6 Å². The summed E-state index contributed by atoms with van der Waals surface area (Å²) in [4.78, 5) is 13.4. The lowest BCUT2D eigenvalue weighted by Gasteiger charge is -2.56. The van der Waals surface area contributed by atoms with Crippen LogP contribution in [0.25, 0.3) is 5.69 Å². The first-order valence-electron chi connectivity index (χ1n) is 12.4. The Morgan fingerprint density at radius 1 is 0.868 bits per heavy atom. The number of alkyl halides is 3. The summed E-state index contributed by atoms with van der Waals surface area (Å²) in [6.07, 6.45) is 1.36. The fraction of sp³-hybridized carbons (Fsp3) is 0.407. The van der Waals surface area contributed by atoms with Gasteiger partial charge in [0, 0.05) is 11.6 Å². The predicted octanol–water partition coefficient (Wildman–Crippen LogP) is 7.17. The fourth-order valence-corrected chi connectivity index (χ4v) is 7.22. The highest BCUT2D eigenvalue weighted by atomic mass is 19.4. The Morgan fingerprint density at radius 2 is 1.39 bits per heavy atom. The average Bonchev–Trinajstić information content (AvgIpc) is 3.31. The lowest BCUT2D eigenvalue weighted by molar-refractivity contribution is -0.143. The van der Waals surface area contributed by atoms with Crippen molar-refractivity contribution in [2.45, 2.75) is 50.1 Å². The lowest BCUT2D eigenvalue weighted by Crippen LogP contribution is -2.49. The zero-order valence-corrected chi connectivity index (χ0v) is 19.9. The van der Waals surface area contributed by atoms with Crippen molar-refractivity contribution in [1.82, 2.24) is 9.78 Å². The minimum atomic E-state index is -5.68. The smallest absolute Gasteiger partial charge is 0.317 e. The number of para-hydroxylation sites is 1. The molecule has 11 heteroatoms. The maximum Gasteiger partial charge on any atom is 0.422 e. The van der Waals surface area contributed by atoms with Gasteiger partial charge in [0.1, 0.15) is 11.3 Å². The van der Waals surface area contributed by atoms with Crippen molar-refractivity contribution < 1.29 is 35.5 Å². The molecule has 7 rings (SSSR count). The van der Waals surface area contributed by atoms with Crippen LogP contribution >= 0.6 is 0 Å². The summed E-state index contributed by atoms with van der Waals surface area (Å²) in [5.74, 6) is -9.66. The Hall–Kier alpha value is -3.37. The number of carbonyl (C=O) groups is 1. The average molecular weight is 537 g/mol. The molecule has 0 aliphatic heterocycles. The monoisotopic (exact) mass is 537 g/mol. The number of nitrogens with one attached hydrogen (secondary N) is 1. The number of hydrogen-bond acceptors (Lipinski definition) is 2. The van der Waals surface area contributed by atoms with Crippen LogP contribution in [-0.2, 0) is 11.6 Å². The van der Waals surface area contributed by atoms with Crippen LogP contribution in [0.2, 0.25) is 0 Å². The van der Waals surface area contributed by atoms with Gasteiger partial charge >= 0.3 is 6.18 Å². The topological polar surface area (TPSA) is 46.9 Å². The number of carbonyl (C=O) groups excluding carboxylic acids is 1. The highest BCUT2D eigenvalue weighted by Crippen LogP contribution is 2.61. The lowest BCUT2D eigenvalue weighted by atomic mass is 9.48. The van der Waals surface area contributed by atoms with Gasteiger partial charge in [0.2, 0.25) is 0 Å². The third kappa shape index (κ3) is 3.89. The Morgan fingerprint density at radius 3 is 1.89 bits per heavy atom. The maximum atomic E-state index is 14.6. The van der Waals surface area contributed by atoms with Gasteiger partial charge in [-0.2, -0.15) is 18.3 Å². The quantitative estimate of drug-likeness (QED) is 0.283. The summed E-state index contributed by atoms with van der Waals surface area (Å²) < 4.78 is 98.0. The Kier molecular flexibility index (Phi) is 5.63. The number of benzene rings is 2. The van der Waals surface area contributed by atoms with E-state index in [0.29, 0.717) is 29.1 Å². The zero-order valence-electron chi connectivity index (χ0n) is 19.9. The largest absolute Gasteiger partial charge is 0.422 e. The first-order valence-corrected chi connectivity index (χ1v) is 12.4. The van der Waals surface area contributed by atoms with Crippen LogP contribution in [0.1, 0.15) is 60.1 Å². The molecule has 0 radical (unpaired) electrons. The Bertz CT molecular complexity index is 1370. The first-order chi connectivity index (χ1) is 18.0. The van der Waals surface area contributed by atoms with Gasteiger partial charge < -0.3 is 5.32 Å². The number of halogens is 7. The predicted molar refractivity (Wildman–Crippen MR) is 123 cm³/mol. The van der Waals surface area contributed by atoms with E-state index in [-0.39, 0.29) is 5.56 Å². The van der Waals surface area contributed by atoms with Crippen LogP contribution in [0.3, 0.4) is 0 Å². The molecule has 0 spiro atoms. The van der Waals surface area contributed by atoms with Crippen molar-refractivity contribution in [2.75, 3.05) is 5.32 Å². The van der Waals surface area contributed by atoms with E-state index in [1.807, 2.05) is 0 Å². The Balaban J connectivity index is 1.44. The molecule has 0 atom stereocenters. The molecule has 4 bridgehead atoms. The normalized spacial score (nSPS) is 26.1. The van der Waals surface area contributed by atoms with Gasteiger partial charge in [-0.15, -0.1) is 0 Å². The van der Waals surface area contributed by atoms with Crippen LogP contribution in [0, 0.1) is 41.0 Å². The Labute approximate surface area is 212 Å². The minimum absolute atomic E-state index is 0.0460. The highest BCUT2D eigenvalue weighted by molar-refractivity contribution is 6.05. The molecule has 4 nitrogen and oxygen atoms in total. The molecule has 4 aliphatic rings. The van der Waals surface area contributed by atoms with Gasteiger partial charge in [0.05, 0.1) is 16.9 Å². The first kappa shape index (κ1) is 24.9. The molecular weight excluding hydrogens is 515 g/mol. The number of nitrogens with zero attached hydrogens (tertiary/aromatic N) is 2. The van der Waals surface area contributed by atoms with Crippen LogP contribution in [-0.4, -0.2) is 15.7 Å². The van der Waals surface area contributed by atoms with E-state index in [2.05, 4.69) is 0 Å². The van der Waals surface area contributed by atoms with Crippen LogP contribution in [0.4, 0.5) is 36.4 Å². The molecule has 1 heterocycles. The second-order valence-corrected chi connectivity index (χ2v) is 10.8. The van der Waals surface area contributed by atoms with Crippen molar-refractivity contribution in [3.63, 3.8) is 0 Å². The standard InChI is InChI=1S/C27H22F7N3O/c28-19-18(27(32,33)34)20(29)22(31)23(21(19)30)35-25(38)17-12-37(16-4-2-1-3-5-16)36-24(17)26-9-13-6-14(10-26)8-15(7-13)11-26/h1-5,12-15H,6-11H2,(H,35,38). The third-order valence-corrected chi connectivity index (χ3v) is 8.31. The van der Waals surface area contributed by atoms with E-state index in [4.69, 9.17) is 5.10 Å². The summed E-state index contributed by atoms with van der Waals surface area (Å²) >= 11 is 0. The van der Waals surface area contributed by atoms with E-state index in [1.165, 1.54) is 10.9 Å². The maximum absolute atomic E-state index is 14.6. The van der Waals surface area contributed by atoms with Gasteiger partial charge in [-0.05, 0) is 68.4 Å². The summed E-state index contributed by atoms with van der Waals surface area (Å²) in [6.45, 7) is 0. The highest BCUT2D eigenvalue weighted by Gasteiger charge is 2.54. The SMILES string of the molecule is O=C(Nc1c(F)c(F)c(C(F)(F)F)c(F)c1F)c1cn(-c2ccccc2)nc1C12CC3CC(CC(C3)C1)C2.